The molecule has 0 aliphatic carbocycles. The van der Waals surface area contributed by atoms with Gasteiger partial charge in [-0.05, 0) is 17.7 Å². The van der Waals surface area contributed by atoms with E-state index in [2.05, 4.69) is 17.6 Å². The van der Waals surface area contributed by atoms with Gasteiger partial charge >= 0.3 is 5.76 Å². The van der Waals surface area contributed by atoms with Gasteiger partial charge in [-0.25, -0.2) is 4.79 Å². The number of rotatable bonds is 1. The number of thiol groups is 1. The Morgan fingerprint density at radius 2 is 2.20 bits per heavy atom. The van der Waals surface area contributed by atoms with Crippen molar-refractivity contribution in [3.8, 4) is 0 Å². The zero-order chi connectivity index (χ0) is 10.5. The quantitative estimate of drug-likeness (QED) is 0.716. The lowest BCUT2D eigenvalue weighted by atomic mass is 9.96. The van der Waals surface area contributed by atoms with Gasteiger partial charge in [0.15, 0.2) is 5.58 Å². The molecule has 1 aliphatic heterocycles. The molecule has 1 N–H and O–H groups in total. The number of aromatic amines is 1. The zero-order valence-electron chi connectivity index (χ0n) is 7.82. The molecule has 1 saturated heterocycles. The number of hydrogen-bond acceptors (Lipinski definition) is 4. The highest BCUT2D eigenvalue weighted by Crippen LogP contribution is 2.36. The summed E-state index contributed by atoms with van der Waals surface area (Å²) in [4.78, 5) is 13.6. The van der Waals surface area contributed by atoms with E-state index in [-0.39, 0.29) is 4.75 Å². The van der Waals surface area contributed by atoms with Gasteiger partial charge in [0, 0.05) is 0 Å². The molecule has 3 rings (SSSR count). The summed E-state index contributed by atoms with van der Waals surface area (Å²) < 4.78 is 9.89. The van der Waals surface area contributed by atoms with Crippen molar-refractivity contribution >= 4 is 23.7 Å². The molecule has 78 valence electrons. The molecule has 0 radical (unpaired) electrons. The minimum absolute atomic E-state index is 0.232. The molecule has 1 fully saturated rings. The van der Waals surface area contributed by atoms with Gasteiger partial charge in [0.1, 0.15) is 0 Å². The molecule has 0 atom stereocenters. The Morgan fingerprint density at radius 1 is 1.40 bits per heavy atom. The number of fused-ring (bicyclic) bond motifs is 1. The first-order valence-corrected chi connectivity index (χ1v) is 5.06. The predicted molar refractivity (Wildman–Crippen MR) is 58.3 cm³/mol. The number of oxazole rings is 1. The number of ether oxygens (including phenoxy) is 1. The highest BCUT2D eigenvalue weighted by Gasteiger charge is 2.36. The first-order valence-electron chi connectivity index (χ1n) is 4.61. The van der Waals surface area contributed by atoms with Crippen LogP contribution in [0.15, 0.2) is 27.4 Å². The maximum Gasteiger partial charge on any atom is 0.417 e. The third kappa shape index (κ3) is 1.31. The molecule has 4 nitrogen and oxygen atoms in total. The molecule has 0 amide bonds. The zero-order valence-corrected chi connectivity index (χ0v) is 8.71. The third-order valence-electron chi connectivity index (χ3n) is 2.64. The second-order valence-electron chi connectivity index (χ2n) is 3.75. The van der Waals surface area contributed by atoms with Crippen LogP contribution >= 0.6 is 12.6 Å². The van der Waals surface area contributed by atoms with Gasteiger partial charge in [0.2, 0.25) is 0 Å². The Bertz CT molecular complexity index is 567. The van der Waals surface area contributed by atoms with Crippen molar-refractivity contribution in [2.45, 2.75) is 4.75 Å². The molecule has 0 unspecified atom stereocenters. The fourth-order valence-electron chi connectivity index (χ4n) is 1.70. The molecule has 1 aliphatic rings. The molecule has 15 heavy (non-hydrogen) atoms. The summed E-state index contributed by atoms with van der Waals surface area (Å²) >= 11 is 4.54. The van der Waals surface area contributed by atoms with Gasteiger partial charge < -0.3 is 9.15 Å². The number of benzene rings is 1. The lowest BCUT2D eigenvalue weighted by Crippen LogP contribution is -2.41. The SMILES string of the molecule is O=c1[nH]c2ccc(C3(S)COC3)cc2o1. The average Bonchev–Trinajstić information content (AvgIpc) is 2.53. The fraction of sp³-hybridized carbons (Fsp3) is 0.300. The van der Waals surface area contributed by atoms with Crippen molar-refractivity contribution in [2.24, 2.45) is 0 Å². The number of H-pyrrole nitrogens is 1. The smallest absolute Gasteiger partial charge is 0.408 e. The number of hydrogen-bond donors (Lipinski definition) is 2. The molecule has 0 saturated carbocycles. The van der Waals surface area contributed by atoms with Crippen LogP contribution in [0.3, 0.4) is 0 Å². The summed E-state index contributed by atoms with van der Waals surface area (Å²) in [6, 6.07) is 5.60. The van der Waals surface area contributed by atoms with Crippen LogP contribution in [0.5, 0.6) is 0 Å². The molecule has 0 bridgehead atoms. The van der Waals surface area contributed by atoms with Crippen molar-refractivity contribution in [3.63, 3.8) is 0 Å². The maximum absolute atomic E-state index is 11.0. The fourth-order valence-corrected chi connectivity index (χ4v) is 2.02. The molecule has 2 aromatic rings. The highest BCUT2D eigenvalue weighted by molar-refractivity contribution is 7.81. The Morgan fingerprint density at radius 3 is 2.87 bits per heavy atom. The van der Waals surface area contributed by atoms with Crippen LogP contribution in [-0.4, -0.2) is 18.2 Å². The first kappa shape index (κ1) is 9.06. The van der Waals surface area contributed by atoms with E-state index in [1.807, 2.05) is 18.2 Å². The average molecular weight is 223 g/mol. The van der Waals surface area contributed by atoms with Crippen molar-refractivity contribution in [1.29, 1.82) is 0 Å². The molecule has 0 spiro atoms. The van der Waals surface area contributed by atoms with Crippen LogP contribution < -0.4 is 5.76 Å². The standard InChI is InChI=1S/C10H9NO3S/c12-9-11-7-2-1-6(3-8(7)14-9)10(15)4-13-5-10/h1-3,15H,4-5H2,(H,11,12). The molecule has 2 heterocycles. The molecular weight excluding hydrogens is 214 g/mol. The Kier molecular flexibility index (Phi) is 1.75. The van der Waals surface area contributed by atoms with Gasteiger partial charge in [-0.15, -0.1) is 0 Å². The number of aromatic nitrogens is 1. The van der Waals surface area contributed by atoms with Gasteiger partial charge in [-0.3, -0.25) is 4.98 Å². The lowest BCUT2D eigenvalue weighted by molar-refractivity contribution is -0.00966. The predicted octanol–water partition coefficient (Wildman–Crippen LogP) is 1.28. The third-order valence-corrected chi connectivity index (χ3v) is 3.16. The van der Waals surface area contributed by atoms with Crippen LogP contribution in [0.25, 0.3) is 11.1 Å². The van der Waals surface area contributed by atoms with Gasteiger partial charge in [-0.1, -0.05) is 6.07 Å². The van der Waals surface area contributed by atoms with E-state index in [9.17, 15) is 4.79 Å². The topological polar surface area (TPSA) is 55.2 Å². The Balaban J connectivity index is 2.17. The Hall–Kier alpha value is -1.20. The molecule has 5 heteroatoms. The van der Waals surface area contributed by atoms with E-state index in [1.165, 1.54) is 0 Å². The van der Waals surface area contributed by atoms with E-state index in [4.69, 9.17) is 9.15 Å². The Labute approximate surface area is 90.6 Å². The minimum Gasteiger partial charge on any atom is -0.408 e. The van der Waals surface area contributed by atoms with Crippen molar-refractivity contribution in [2.75, 3.05) is 13.2 Å². The van der Waals surface area contributed by atoms with Crippen molar-refractivity contribution in [3.05, 3.63) is 34.3 Å². The summed E-state index contributed by atoms with van der Waals surface area (Å²) in [5, 5.41) is 0. The highest BCUT2D eigenvalue weighted by atomic mass is 32.1. The van der Waals surface area contributed by atoms with Crippen LogP contribution in [0, 0.1) is 0 Å². The van der Waals surface area contributed by atoms with Crippen LogP contribution in [0.2, 0.25) is 0 Å². The van der Waals surface area contributed by atoms with Crippen molar-refractivity contribution < 1.29 is 9.15 Å². The summed E-state index contributed by atoms with van der Waals surface area (Å²) in [7, 11) is 0. The van der Waals surface area contributed by atoms with E-state index in [1.54, 1.807) is 0 Å². The largest absolute Gasteiger partial charge is 0.417 e. The summed E-state index contributed by atoms with van der Waals surface area (Å²) in [5.41, 5.74) is 2.30. The summed E-state index contributed by atoms with van der Waals surface area (Å²) in [6.45, 7) is 1.19. The van der Waals surface area contributed by atoms with E-state index < -0.39 is 5.76 Å². The maximum atomic E-state index is 11.0. The monoisotopic (exact) mass is 223 g/mol. The molecular formula is C10H9NO3S. The van der Waals surface area contributed by atoms with E-state index in [0.717, 1.165) is 5.56 Å². The van der Waals surface area contributed by atoms with E-state index >= 15 is 0 Å². The van der Waals surface area contributed by atoms with Gasteiger partial charge in [0.25, 0.3) is 0 Å². The second kappa shape index (κ2) is 2.90. The van der Waals surface area contributed by atoms with Crippen LogP contribution in [0.4, 0.5) is 0 Å². The van der Waals surface area contributed by atoms with E-state index in [0.29, 0.717) is 24.3 Å². The summed E-state index contributed by atoms with van der Waals surface area (Å²) in [6.07, 6.45) is 0. The van der Waals surface area contributed by atoms with Crippen LogP contribution in [-0.2, 0) is 9.48 Å². The summed E-state index contributed by atoms with van der Waals surface area (Å²) in [5.74, 6) is -0.430. The van der Waals surface area contributed by atoms with Gasteiger partial charge in [-0.2, -0.15) is 12.6 Å². The first-order chi connectivity index (χ1) is 7.17. The van der Waals surface area contributed by atoms with Crippen molar-refractivity contribution in [1.82, 2.24) is 4.98 Å². The van der Waals surface area contributed by atoms with Gasteiger partial charge in [0.05, 0.1) is 23.5 Å². The number of nitrogens with one attached hydrogen (secondary N) is 1. The van der Waals surface area contributed by atoms with Crippen LogP contribution in [0.1, 0.15) is 5.56 Å². The minimum atomic E-state index is -0.430. The lowest BCUT2D eigenvalue weighted by Gasteiger charge is -2.37. The normalized spacial score (nSPS) is 19.0. The second-order valence-corrected chi connectivity index (χ2v) is 4.61. The molecule has 1 aromatic heterocycles. The molecule has 1 aromatic carbocycles.